The fourth-order valence-corrected chi connectivity index (χ4v) is 2.87. The number of methoxy groups -OCH3 is 3. The lowest BCUT2D eigenvalue weighted by atomic mass is 10.1. The van der Waals surface area contributed by atoms with Crippen molar-refractivity contribution in [3.63, 3.8) is 0 Å². The van der Waals surface area contributed by atoms with Crippen LogP contribution in [-0.2, 0) is 16.0 Å². The lowest BCUT2D eigenvalue weighted by molar-refractivity contribution is -0.129. The predicted molar refractivity (Wildman–Crippen MR) is 109 cm³/mol. The first-order chi connectivity index (χ1) is 13.9. The van der Waals surface area contributed by atoms with Crippen LogP contribution in [0.1, 0.15) is 22.8 Å². The van der Waals surface area contributed by atoms with Gasteiger partial charge >= 0.3 is 5.97 Å². The van der Waals surface area contributed by atoms with Crippen molar-refractivity contribution in [1.29, 1.82) is 0 Å². The van der Waals surface area contributed by atoms with Gasteiger partial charge in [0.1, 0.15) is 5.75 Å². The summed E-state index contributed by atoms with van der Waals surface area (Å²) in [6.07, 6.45) is -0.327. The normalized spacial score (nSPS) is 11.3. The van der Waals surface area contributed by atoms with Crippen LogP contribution in [0.4, 0.5) is 0 Å². The molecule has 0 saturated heterocycles. The van der Waals surface area contributed by atoms with Gasteiger partial charge < -0.3 is 24.3 Å². The van der Waals surface area contributed by atoms with E-state index in [9.17, 15) is 9.59 Å². The highest BCUT2D eigenvalue weighted by molar-refractivity contribution is 6.32. The largest absolute Gasteiger partial charge is 0.497 e. The Morgan fingerprint density at radius 2 is 1.72 bits per heavy atom. The van der Waals surface area contributed by atoms with Crippen molar-refractivity contribution >= 4 is 23.5 Å². The van der Waals surface area contributed by atoms with Crippen LogP contribution < -0.4 is 19.5 Å². The lowest BCUT2D eigenvalue weighted by Gasteiger charge is -2.15. The predicted octanol–water partition coefficient (Wildman–Crippen LogP) is 3.27. The minimum Gasteiger partial charge on any atom is -0.497 e. The van der Waals surface area contributed by atoms with Crippen LogP contribution >= 0.6 is 11.6 Å². The molecule has 0 spiro atoms. The summed E-state index contributed by atoms with van der Waals surface area (Å²) < 4.78 is 20.6. The Balaban J connectivity index is 1.89. The molecule has 2 aromatic carbocycles. The average Bonchev–Trinajstić information content (AvgIpc) is 2.73. The molecule has 7 nitrogen and oxygen atoms in total. The van der Waals surface area contributed by atoms with Gasteiger partial charge in [-0.15, -0.1) is 0 Å². The lowest BCUT2D eigenvalue weighted by Crippen LogP contribution is -2.36. The Kier molecular flexibility index (Phi) is 8.15. The number of nitrogens with one attached hydrogen (secondary N) is 1. The van der Waals surface area contributed by atoms with Gasteiger partial charge in [0.05, 0.1) is 31.9 Å². The zero-order chi connectivity index (χ0) is 21.4. The molecule has 8 heteroatoms. The molecule has 156 valence electrons. The first-order valence-corrected chi connectivity index (χ1v) is 9.30. The Morgan fingerprint density at radius 1 is 1.03 bits per heavy atom. The monoisotopic (exact) mass is 421 g/mol. The van der Waals surface area contributed by atoms with Crippen LogP contribution in [-0.4, -0.2) is 45.9 Å². The number of carbonyl (C=O) groups excluding carboxylic acids is 2. The van der Waals surface area contributed by atoms with E-state index in [1.807, 2.05) is 24.3 Å². The molecule has 1 atom stereocenters. The van der Waals surface area contributed by atoms with Gasteiger partial charge in [0.25, 0.3) is 5.91 Å². The first kappa shape index (κ1) is 22.4. The molecule has 0 heterocycles. The zero-order valence-corrected chi connectivity index (χ0v) is 17.5. The second-order valence-corrected chi connectivity index (χ2v) is 6.54. The van der Waals surface area contributed by atoms with Crippen LogP contribution in [0.15, 0.2) is 36.4 Å². The van der Waals surface area contributed by atoms with Gasteiger partial charge in [-0.25, -0.2) is 4.79 Å². The van der Waals surface area contributed by atoms with Gasteiger partial charge in [0.15, 0.2) is 17.6 Å². The summed E-state index contributed by atoms with van der Waals surface area (Å²) >= 11 is 6.10. The molecule has 0 aliphatic rings. The highest BCUT2D eigenvalue weighted by Crippen LogP contribution is 2.36. The van der Waals surface area contributed by atoms with Crippen molar-refractivity contribution in [2.45, 2.75) is 19.4 Å². The average molecular weight is 422 g/mol. The number of hydrogen-bond donors (Lipinski definition) is 1. The summed E-state index contributed by atoms with van der Waals surface area (Å²) in [5.74, 6) is 0.302. The number of hydrogen-bond acceptors (Lipinski definition) is 6. The standard InChI is InChI=1S/C21H24ClNO6/c1-13(20(24)23-10-9-14-5-7-16(26-2)8-6-14)29-21(25)15-11-17(22)19(28-4)18(12-15)27-3/h5-8,11-13H,9-10H2,1-4H3,(H,23,24)/t13-/m0/s1. The van der Waals surface area contributed by atoms with E-state index in [1.54, 1.807) is 7.11 Å². The maximum Gasteiger partial charge on any atom is 0.339 e. The molecule has 0 unspecified atom stereocenters. The summed E-state index contributed by atoms with van der Waals surface area (Å²) in [5, 5.41) is 2.95. The maximum absolute atomic E-state index is 12.4. The number of rotatable bonds is 9. The summed E-state index contributed by atoms with van der Waals surface area (Å²) in [6, 6.07) is 10.4. The van der Waals surface area contributed by atoms with E-state index >= 15 is 0 Å². The van der Waals surface area contributed by atoms with E-state index < -0.39 is 18.0 Å². The second kappa shape index (κ2) is 10.6. The molecule has 0 fully saturated rings. The molecular formula is C21H24ClNO6. The van der Waals surface area contributed by atoms with E-state index in [0.29, 0.717) is 24.5 Å². The van der Waals surface area contributed by atoms with Gasteiger partial charge in [-0.2, -0.15) is 0 Å². The first-order valence-electron chi connectivity index (χ1n) is 8.92. The molecule has 1 N–H and O–H groups in total. The molecule has 1 amide bonds. The fraction of sp³-hybridized carbons (Fsp3) is 0.333. The summed E-state index contributed by atoms with van der Waals surface area (Å²) in [7, 11) is 4.48. The fourth-order valence-electron chi connectivity index (χ4n) is 2.58. The van der Waals surface area contributed by atoms with Crippen molar-refractivity contribution in [3.8, 4) is 17.2 Å². The molecule has 0 aliphatic carbocycles. The van der Waals surface area contributed by atoms with E-state index in [-0.39, 0.29) is 10.6 Å². The number of benzene rings is 2. The highest BCUT2D eigenvalue weighted by Gasteiger charge is 2.21. The summed E-state index contributed by atoms with van der Waals surface area (Å²) in [6.45, 7) is 1.91. The van der Waals surface area contributed by atoms with Gasteiger partial charge in [-0.3, -0.25) is 4.79 Å². The Morgan fingerprint density at radius 3 is 2.31 bits per heavy atom. The topological polar surface area (TPSA) is 83.1 Å². The van der Waals surface area contributed by atoms with E-state index in [4.69, 9.17) is 30.5 Å². The SMILES string of the molecule is COc1ccc(CCNC(=O)[C@H](C)OC(=O)c2cc(Cl)c(OC)c(OC)c2)cc1. The van der Waals surface area contributed by atoms with Crippen molar-refractivity contribution in [3.05, 3.63) is 52.5 Å². The molecular weight excluding hydrogens is 398 g/mol. The third-order valence-corrected chi connectivity index (χ3v) is 4.48. The third-order valence-electron chi connectivity index (χ3n) is 4.19. The van der Waals surface area contributed by atoms with Crippen molar-refractivity contribution < 1.29 is 28.5 Å². The molecule has 0 aromatic heterocycles. The molecule has 0 aliphatic heterocycles. The number of carbonyl (C=O) groups is 2. The Labute approximate surface area is 174 Å². The third kappa shape index (κ3) is 6.02. The molecule has 0 radical (unpaired) electrons. The number of esters is 1. The quantitative estimate of drug-likeness (QED) is 0.626. The molecule has 0 bridgehead atoms. The van der Waals surface area contributed by atoms with E-state index in [2.05, 4.69) is 5.32 Å². The van der Waals surface area contributed by atoms with Gasteiger partial charge in [0.2, 0.25) is 0 Å². The van der Waals surface area contributed by atoms with Crippen LogP contribution in [0, 0.1) is 0 Å². The molecule has 29 heavy (non-hydrogen) atoms. The van der Waals surface area contributed by atoms with Crippen LogP contribution in [0.25, 0.3) is 0 Å². The van der Waals surface area contributed by atoms with Crippen molar-refractivity contribution in [2.75, 3.05) is 27.9 Å². The zero-order valence-electron chi connectivity index (χ0n) is 16.8. The minimum absolute atomic E-state index is 0.158. The van der Waals surface area contributed by atoms with Gasteiger partial charge in [-0.1, -0.05) is 23.7 Å². The van der Waals surface area contributed by atoms with Crippen LogP contribution in [0.2, 0.25) is 5.02 Å². The minimum atomic E-state index is -0.967. The van der Waals surface area contributed by atoms with Crippen LogP contribution in [0.5, 0.6) is 17.2 Å². The van der Waals surface area contributed by atoms with Gasteiger partial charge in [-0.05, 0) is 43.2 Å². The number of halogens is 1. The maximum atomic E-state index is 12.4. The van der Waals surface area contributed by atoms with E-state index in [1.165, 1.54) is 33.3 Å². The smallest absolute Gasteiger partial charge is 0.339 e. The van der Waals surface area contributed by atoms with Gasteiger partial charge in [0, 0.05) is 6.54 Å². The molecule has 0 saturated carbocycles. The number of ether oxygens (including phenoxy) is 4. The summed E-state index contributed by atoms with van der Waals surface area (Å²) in [4.78, 5) is 24.6. The van der Waals surface area contributed by atoms with Crippen LogP contribution in [0.3, 0.4) is 0 Å². The Bertz CT molecular complexity index is 853. The molecule has 2 aromatic rings. The second-order valence-electron chi connectivity index (χ2n) is 6.13. The number of amides is 1. The van der Waals surface area contributed by atoms with Crippen molar-refractivity contribution in [1.82, 2.24) is 5.32 Å². The van der Waals surface area contributed by atoms with Crippen molar-refractivity contribution in [2.24, 2.45) is 0 Å². The molecule has 2 rings (SSSR count). The summed E-state index contributed by atoms with van der Waals surface area (Å²) in [5.41, 5.74) is 1.21. The highest BCUT2D eigenvalue weighted by atomic mass is 35.5. The Hall–Kier alpha value is -2.93. The van der Waals surface area contributed by atoms with E-state index in [0.717, 1.165) is 11.3 Å².